The second-order valence-corrected chi connectivity index (χ2v) is 7.29. The van der Waals surface area contributed by atoms with E-state index < -0.39 is 0 Å². The summed E-state index contributed by atoms with van der Waals surface area (Å²) in [4.78, 5) is 12.7. The van der Waals surface area contributed by atoms with Crippen molar-refractivity contribution in [3.63, 3.8) is 0 Å². The molecule has 0 aliphatic heterocycles. The van der Waals surface area contributed by atoms with Gasteiger partial charge in [-0.3, -0.25) is 0 Å². The number of aromatic nitrogens is 5. The van der Waals surface area contributed by atoms with Crippen molar-refractivity contribution in [2.45, 2.75) is 11.0 Å². The summed E-state index contributed by atoms with van der Waals surface area (Å²) in [5, 5.41) is 12.2. The van der Waals surface area contributed by atoms with E-state index in [9.17, 15) is 0 Å². The number of methoxy groups -OCH3 is 1. The molecular formula is C19H16ClN7O2S. The normalized spacial score (nSPS) is 10.7. The van der Waals surface area contributed by atoms with Gasteiger partial charge in [-0.2, -0.15) is 15.0 Å². The number of hydrogen-bond acceptors (Lipinski definition) is 10. The van der Waals surface area contributed by atoms with Gasteiger partial charge in [0.1, 0.15) is 11.6 Å². The summed E-state index contributed by atoms with van der Waals surface area (Å²) < 4.78 is 11.0. The second-order valence-electron chi connectivity index (χ2n) is 5.93. The minimum absolute atomic E-state index is 0.102. The van der Waals surface area contributed by atoms with Crippen molar-refractivity contribution < 1.29 is 9.15 Å². The van der Waals surface area contributed by atoms with Gasteiger partial charge >= 0.3 is 0 Å². The van der Waals surface area contributed by atoms with Crippen LogP contribution in [-0.4, -0.2) is 32.3 Å². The number of rotatable bonds is 7. The lowest BCUT2D eigenvalue weighted by Gasteiger charge is -2.10. The Morgan fingerprint density at radius 2 is 1.87 bits per heavy atom. The molecule has 0 amide bonds. The van der Waals surface area contributed by atoms with Crippen LogP contribution in [0.25, 0.3) is 11.5 Å². The molecule has 0 saturated carbocycles. The first-order valence-electron chi connectivity index (χ1n) is 8.73. The maximum absolute atomic E-state index is 5.90. The zero-order valence-corrected chi connectivity index (χ0v) is 17.3. The molecular weight excluding hydrogens is 426 g/mol. The lowest BCUT2D eigenvalue weighted by Crippen LogP contribution is -2.07. The molecule has 152 valence electrons. The number of ether oxygens (including phenoxy) is 1. The van der Waals surface area contributed by atoms with Crippen molar-refractivity contribution in [3.05, 3.63) is 59.4 Å². The highest BCUT2D eigenvalue weighted by molar-refractivity contribution is 7.98. The van der Waals surface area contributed by atoms with E-state index in [4.69, 9.17) is 26.5 Å². The maximum Gasteiger partial charge on any atom is 0.277 e. The number of halogens is 1. The highest BCUT2D eigenvalue weighted by atomic mass is 35.5. The largest absolute Gasteiger partial charge is 0.495 e. The topological polar surface area (TPSA) is 125 Å². The predicted octanol–water partition coefficient (Wildman–Crippen LogP) is 4.20. The third-order valence-corrected chi connectivity index (χ3v) is 4.94. The van der Waals surface area contributed by atoms with Crippen LogP contribution in [0.15, 0.2) is 58.2 Å². The van der Waals surface area contributed by atoms with Gasteiger partial charge in [-0.25, -0.2) is 0 Å². The van der Waals surface area contributed by atoms with Crippen LogP contribution in [0.4, 0.5) is 17.6 Å². The van der Waals surface area contributed by atoms with Gasteiger partial charge in [-0.15, -0.1) is 10.2 Å². The van der Waals surface area contributed by atoms with Gasteiger partial charge < -0.3 is 20.2 Å². The minimum atomic E-state index is 0.102. The molecule has 3 N–H and O–H groups in total. The van der Waals surface area contributed by atoms with Crippen LogP contribution >= 0.6 is 23.4 Å². The minimum Gasteiger partial charge on any atom is -0.495 e. The number of para-hydroxylation sites is 2. The van der Waals surface area contributed by atoms with E-state index in [1.807, 2.05) is 36.4 Å². The number of anilines is 3. The molecule has 0 aliphatic rings. The molecule has 2 heterocycles. The number of thioether (sulfide) groups is 1. The van der Waals surface area contributed by atoms with Crippen LogP contribution < -0.4 is 15.8 Å². The quantitative estimate of drug-likeness (QED) is 0.403. The summed E-state index contributed by atoms with van der Waals surface area (Å²) in [6, 6.07) is 14.6. The lowest BCUT2D eigenvalue weighted by atomic mass is 10.2. The van der Waals surface area contributed by atoms with Gasteiger partial charge in [-0.1, -0.05) is 35.5 Å². The van der Waals surface area contributed by atoms with E-state index in [-0.39, 0.29) is 5.95 Å². The zero-order chi connectivity index (χ0) is 20.9. The summed E-state index contributed by atoms with van der Waals surface area (Å²) in [7, 11) is 1.59. The Balaban J connectivity index is 1.46. The molecule has 0 aliphatic carbocycles. The summed E-state index contributed by atoms with van der Waals surface area (Å²) in [6.45, 7) is 0. The number of nitrogen functional groups attached to an aromatic ring is 1. The van der Waals surface area contributed by atoms with Crippen LogP contribution in [0.5, 0.6) is 5.75 Å². The molecule has 0 spiro atoms. The van der Waals surface area contributed by atoms with Crippen molar-refractivity contribution in [1.29, 1.82) is 0 Å². The van der Waals surface area contributed by atoms with Crippen molar-refractivity contribution >= 4 is 40.9 Å². The van der Waals surface area contributed by atoms with E-state index in [0.717, 1.165) is 5.56 Å². The van der Waals surface area contributed by atoms with Crippen molar-refractivity contribution in [1.82, 2.24) is 25.1 Å². The monoisotopic (exact) mass is 441 g/mol. The van der Waals surface area contributed by atoms with Crippen molar-refractivity contribution in [2.75, 3.05) is 18.2 Å². The Morgan fingerprint density at radius 1 is 1.07 bits per heavy atom. The van der Waals surface area contributed by atoms with Crippen LogP contribution in [0.2, 0.25) is 5.02 Å². The molecule has 4 aromatic rings. The van der Waals surface area contributed by atoms with E-state index in [2.05, 4.69) is 30.5 Å². The zero-order valence-electron chi connectivity index (χ0n) is 15.7. The van der Waals surface area contributed by atoms with E-state index in [0.29, 0.717) is 45.1 Å². The third kappa shape index (κ3) is 4.78. The average molecular weight is 442 g/mol. The van der Waals surface area contributed by atoms with E-state index in [1.54, 1.807) is 19.2 Å². The molecule has 4 rings (SSSR count). The molecule has 9 nitrogen and oxygen atoms in total. The van der Waals surface area contributed by atoms with Gasteiger partial charge in [0.25, 0.3) is 5.22 Å². The van der Waals surface area contributed by atoms with Crippen LogP contribution in [0.1, 0.15) is 5.82 Å². The molecule has 0 bridgehead atoms. The maximum atomic E-state index is 5.90. The fourth-order valence-corrected chi connectivity index (χ4v) is 3.27. The number of nitrogens with one attached hydrogen (secondary N) is 1. The molecule has 0 saturated heterocycles. The second kappa shape index (κ2) is 8.97. The number of benzene rings is 2. The van der Waals surface area contributed by atoms with E-state index in [1.165, 1.54) is 11.8 Å². The van der Waals surface area contributed by atoms with Crippen LogP contribution in [0, 0.1) is 0 Å². The molecule has 0 atom stereocenters. The Labute approximate surface area is 181 Å². The smallest absolute Gasteiger partial charge is 0.277 e. The number of nitrogens with two attached hydrogens (primary N) is 1. The SMILES string of the molecule is COc1ccccc1Nc1nc(N)nc(CSc2nnc(-c3ccc(Cl)cc3)o2)n1. The Kier molecular flexibility index (Phi) is 5.96. The Morgan fingerprint density at radius 3 is 2.67 bits per heavy atom. The molecule has 2 aromatic heterocycles. The highest BCUT2D eigenvalue weighted by Crippen LogP contribution is 2.28. The Hall–Kier alpha value is -3.37. The van der Waals surface area contributed by atoms with Gasteiger partial charge in [0.15, 0.2) is 0 Å². The fraction of sp³-hybridized carbons (Fsp3) is 0.105. The van der Waals surface area contributed by atoms with Gasteiger partial charge in [0, 0.05) is 10.6 Å². The summed E-state index contributed by atoms with van der Waals surface area (Å²) in [6.07, 6.45) is 0. The van der Waals surface area contributed by atoms with Crippen LogP contribution in [-0.2, 0) is 5.75 Å². The lowest BCUT2D eigenvalue weighted by molar-refractivity contribution is 0.417. The first-order valence-corrected chi connectivity index (χ1v) is 10.1. The predicted molar refractivity (Wildman–Crippen MR) is 115 cm³/mol. The first-order chi connectivity index (χ1) is 14.6. The van der Waals surface area contributed by atoms with Gasteiger partial charge in [0.2, 0.25) is 17.8 Å². The van der Waals surface area contributed by atoms with E-state index >= 15 is 0 Å². The Bertz CT molecular complexity index is 1150. The van der Waals surface area contributed by atoms with Gasteiger partial charge in [-0.05, 0) is 36.4 Å². The van der Waals surface area contributed by atoms with Crippen molar-refractivity contribution in [2.24, 2.45) is 0 Å². The molecule has 11 heteroatoms. The fourth-order valence-electron chi connectivity index (χ4n) is 2.53. The number of hydrogen-bond donors (Lipinski definition) is 2. The molecule has 0 radical (unpaired) electrons. The molecule has 30 heavy (non-hydrogen) atoms. The van der Waals surface area contributed by atoms with Crippen molar-refractivity contribution in [3.8, 4) is 17.2 Å². The third-order valence-electron chi connectivity index (χ3n) is 3.87. The summed E-state index contributed by atoms with van der Waals surface area (Å²) in [5.41, 5.74) is 7.34. The van der Waals surface area contributed by atoms with Gasteiger partial charge in [0.05, 0.1) is 18.6 Å². The summed E-state index contributed by atoms with van der Waals surface area (Å²) >= 11 is 7.20. The first kappa shape index (κ1) is 19.9. The van der Waals surface area contributed by atoms with Crippen LogP contribution in [0.3, 0.4) is 0 Å². The molecule has 0 fully saturated rings. The highest BCUT2D eigenvalue weighted by Gasteiger charge is 2.12. The number of nitrogens with zero attached hydrogens (tertiary/aromatic N) is 5. The molecule has 2 aromatic carbocycles. The molecule has 0 unspecified atom stereocenters. The average Bonchev–Trinajstić information content (AvgIpc) is 3.22. The standard InChI is InChI=1S/C19H16ClN7O2S/c1-28-14-5-3-2-4-13(14)22-18-24-15(23-17(21)25-18)10-30-19-27-26-16(29-19)11-6-8-12(20)9-7-11/h2-9H,10H2,1H3,(H3,21,22,23,24,25). The summed E-state index contributed by atoms with van der Waals surface area (Å²) in [5.74, 6) is 2.32.